The van der Waals surface area contributed by atoms with Gasteiger partial charge in [0, 0.05) is 11.4 Å². The molecule has 3 aromatic heterocycles. The Morgan fingerprint density at radius 3 is 2.76 bits per heavy atom. The SMILES string of the molecule is COc1cccc(-c2csc(NC(=O)c3cnn(Cc4ccccc4)c3Cl)n2)n1. The Hall–Kier alpha value is -3.23. The van der Waals surface area contributed by atoms with Gasteiger partial charge in [0.25, 0.3) is 5.91 Å². The van der Waals surface area contributed by atoms with Crippen molar-refractivity contribution in [1.29, 1.82) is 0 Å². The van der Waals surface area contributed by atoms with Gasteiger partial charge in [-0.05, 0) is 11.6 Å². The highest BCUT2D eigenvalue weighted by Gasteiger charge is 2.18. The lowest BCUT2D eigenvalue weighted by molar-refractivity contribution is 0.102. The number of hydrogen-bond donors (Lipinski definition) is 1. The minimum Gasteiger partial charge on any atom is -0.481 e. The number of thiazole rings is 1. The van der Waals surface area contributed by atoms with Crippen molar-refractivity contribution in [2.24, 2.45) is 0 Å². The van der Waals surface area contributed by atoms with Crippen LogP contribution in [-0.2, 0) is 6.54 Å². The van der Waals surface area contributed by atoms with E-state index in [2.05, 4.69) is 20.4 Å². The maximum absolute atomic E-state index is 12.6. The second-order valence-electron chi connectivity index (χ2n) is 6.05. The molecule has 9 heteroatoms. The third kappa shape index (κ3) is 4.28. The van der Waals surface area contributed by atoms with Gasteiger partial charge in [0.2, 0.25) is 5.88 Å². The van der Waals surface area contributed by atoms with Crippen LogP contribution in [-0.4, -0.2) is 32.8 Å². The molecule has 0 aliphatic rings. The van der Waals surface area contributed by atoms with E-state index in [4.69, 9.17) is 16.3 Å². The fourth-order valence-electron chi connectivity index (χ4n) is 2.67. The second-order valence-corrected chi connectivity index (χ2v) is 7.27. The van der Waals surface area contributed by atoms with E-state index in [-0.39, 0.29) is 11.1 Å². The molecule has 0 spiro atoms. The number of rotatable bonds is 6. The molecule has 146 valence electrons. The van der Waals surface area contributed by atoms with Gasteiger partial charge in [-0.2, -0.15) is 5.10 Å². The Morgan fingerprint density at radius 2 is 1.97 bits per heavy atom. The average molecular weight is 426 g/mol. The molecule has 4 rings (SSSR count). The average Bonchev–Trinajstić information content (AvgIpc) is 3.36. The molecule has 0 unspecified atom stereocenters. The van der Waals surface area contributed by atoms with E-state index in [1.165, 1.54) is 17.5 Å². The number of methoxy groups -OCH3 is 1. The van der Waals surface area contributed by atoms with Gasteiger partial charge in [-0.3, -0.25) is 10.1 Å². The molecule has 0 fully saturated rings. The topological polar surface area (TPSA) is 81.9 Å². The summed E-state index contributed by atoms with van der Waals surface area (Å²) in [5.74, 6) is 0.132. The maximum atomic E-state index is 12.6. The molecule has 1 aromatic carbocycles. The third-order valence-corrected chi connectivity index (χ3v) is 5.27. The molecule has 0 saturated heterocycles. The van der Waals surface area contributed by atoms with Crippen LogP contribution in [0.2, 0.25) is 5.15 Å². The fraction of sp³-hybridized carbons (Fsp3) is 0.100. The van der Waals surface area contributed by atoms with Crippen molar-refractivity contribution in [2.75, 3.05) is 12.4 Å². The van der Waals surface area contributed by atoms with Crippen LogP contribution in [0.25, 0.3) is 11.4 Å². The first-order chi connectivity index (χ1) is 14.1. The Balaban J connectivity index is 1.48. The molecule has 0 atom stereocenters. The van der Waals surface area contributed by atoms with E-state index in [0.29, 0.717) is 34.5 Å². The van der Waals surface area contributed by atoms with Crippen molar-refractivity contribution in [3.8, 4) is 17.3 Å². The number of benzene rings is 1. The monoisotopic (exact) mass is 425 g/mol. The third-order valence-electron chi connectivity index (χ3n) is 4.11. The lowest BCUT2D eigenvalue weighted by Crippen LogP contribution is -2.12. The normalized spacial score (nSPS) is 10.7. The Morgan fingerprint density at radius 1 is 1.14 bits per heavy atom. The van der Waals surface area contributed by atoms with Crippen LogP contribution in [0.3, 0.4) is 0 Å². The van der Waals surface area contributed by atoms with Crippen LogP contribution >= 0.6 is 22.9 Å². The summed E-state index contributed by atoms with van der Waals surface area (Å²) in [5, 5.41) is 9.53. The van der Waals surface area contributed by atoms with Crippen LogP contribution in [0, 0.1) is 0 Å². The molecular weight excluding hydrogens is 410 g/mol. The number of carbonyl (C=O) groups excluding carboxylic acids is 1. The van der Waals surface area contributed by atoms with Crippen molar-refractivity contribution < 1.29 is 9.53 Å². The number of anilines is 1. The van der Waals surface area contributed by atoms with E-state index in [1.807, 2.05) is 47.8 Å². The summed E-state index contributed by atoms with van der Waals surface area (Å²) in [5.41, 5.74) is 2.64. The first-order valence-electron chi connectivity index (χ1n) is 8.67. The minimum absolute atomic E-state index is 0.276. The van der Waals surface area contributed by atoms with Crippen LogP contribution in [0.15, 0.2) is 60.1 Å². The molecular formula is C20H16ClN5O2S. The highest BCUT2D eigenvalue weighted by atomic mass is 35.5. The van der Waals surface area contributed by atoms with Crippen molar-refractivity contribution in [2.45, 2.75) is 6.54 Å². The zero-order chi connectivity index (χ0) is 20.2. The van der Waals surface area contributed by atoms with Crippen LogP contribution in [0.5, 0.6) is 5.88 Å². The van der Waals surface area contributed by atoms with Gasteiger partial charge in [-0.25, -0.2) is 14.6 Å². The number of amides is 1. The molecule has 0 bridgehead atoms. The highest BCUT2D eigenvalue weighted by molar-refractivity contribution is 7.14. The first kappa shape index (κ1) is 19.1. The van der Waals surface area contributed by atoms with Gasteiger partial charge in [0.1, 0.15) is 10.8 Å². The van der Waals surface area contributed by atoms with Crippen molar-refractivity contribution in [1.82, 2.24) is 19.7 Å². The van der Waals surface area contributed by atoms with Crippen molar-refractivity contribution >= 4 is 34.0 Å². The van der Waals surface area contributed by atoms with Gasteiger partial charge in [0.05, 0.1) is 31.1 Å². The zero-order valence-electron chi connectivity index (χ0n) is 15.4. The summed E-state index contributed by atoms with van der Waals surface area (Å²) in [6, 6.07) is 15.2. The van der Waals surface area contributed by atoms with Gasteiger partial charge < -0.3 is 4.74 Å². The van der Waals surface area contributed by atoms with E-state index in [0.717, 1.165) is 5.56 Å². The number of aromatic nitrogens is 4. The number of hydrogen-bond acceptors (Lipinski definition) is 6. The number of halogens is 1. The summed E-state index contributed by atoms with van der Waals surface area (Å²) in [4.78, 5) is 21.4. The molecule has 0 aliphatic carbocycles. The minimum atomic E-state index is -0.367. The van der Waals surface area contributed by atoms with E-state index in [1.54, 1.807) is 17.9 Å². The van der Waals surface area contributed by atoms with E-state index in [9.17, 15) is 4.79 Å². The summed E-state index contributed by atoms with van der Waals surface area (Å²) in [6.07, 6.45) is 1.46. The molecule has 7 nitrogen and oxygen atoms in total. The van der Waals surface area contributed by atoms with E-state index >= 15 is 0 Å². The molecule has 1 N–H and O–H groups in total. The Bertz CT molecular complexity index is 1140. The zero-order valence-corrected chi connectivity index (χ0v) is 16.9. The Kier molecular flexibility index (Phi) is 5.55. The van der Waals surface area contributed by atoms with E-state index < -0.39 is 0 Å². The van der Waals surface area contributed by atoms with Crippen LogP contribution in [0.1, 0.15) is 15.9 Å². The molecule has 0 saturated carbocycles. The van der Waals surface area contributed by atoms with Crippen molar-refractivity contribution in [3.05, 3.63) is 76.4 Å². The predicted molar refractivity (Wildman–Crippen MR) is 113 cm³/mol. The maximum Gasteiger partial charge on any atom is 0.262 e. The number of pyridine rings is 1. The van der Waals surface area contributed by atoms with Crippen molar-refractivity contribution in [3.63, 3.8) is 0 Å². The largest absolute Gasteiger partial charge is 0.481 e. The predicted octanol–water partition coefficient (Wildman–Crippen LogP) is 4.36. The lowest BCUT2D eigenvalue weighted by atomic mass is 10.2. The molecule has 0 aliphatic heterocycles. The Labute approximate surface area is 176 Å². The van der Waals surface area contributed by atoms with Crippen LogP contribution in [0.4, 0.5) is 5.13 Å². The fourth-order valence-corrected chi connectivity index (χ4v) is 3.61. The second kappa shape index (κ2) is 8.42. The molecule has 3 heterocycles. The molecule has 4 aromatic rings. The number of nitrogens with one attached hydrogen (secondary N) is 1. The smallest absolute Gasteiger partial charge is 0.262 e. The van der Waals surface area contributed by atoms with Crippen LogP contribution < -0.4 is 10.1 Å². The quantitative estimate of drug-likeness (QED) is 0.496. The van der Waals surface area contributed by atoms with Gasteiger partial charge in [-0.1, -0.05) is 48.0 Å². The molecule has 0 radical (unpaired) electrons. The summed E-state index contributed by atoms with van der Waals surface area (Å²) in [7, 11) is 1.56. The first-order valence-corrected chi connectivity index (χ1v) is 9.93. The molecule has 29 heavy (non-hydrogen) atoms. The summed E-state index contributed by atoms with van der Waals surface area (Å²) >= 11 is 7.67. The number of nitrogens with zero attached hydrogens (tertiary/aromatic N) is 4. The van der Waals surface area contributed by atoms with Gasteiger partial charge in [0.15, 0.2) is 5.13 Å². The molecule has 1 amide bonds. The number of ether oxygens (including phenoxy) is 1. The standard InChI is InChI=1S/C20H16ClN5O2S/c1-28-17-9-5-8-15(23-17)16-12-29-20(24-16)25-19(27)14-10-22-26(18(14)21)11-13-6-3-2-4-7-13/h2-10,12H,11H2,1H3,(H,24,25,27). The summed E-state index contributed by atoms with van der Waals surface area (Å²) in [6.45, 7) is 0.482. The highest BCUT2D eigenvalue weighted by Crippen LogP contribution is 2.26. The summed E-state index contributed by atoms with van der Waals surface area (Å²) < 4.78 is 6.72. The van der Waals surface area contributed by atoms with Gasteiger partial charge in [-0.15, -0.1) is 11.3 Å². The lowest BCUT2D eigenvalue weighted by Gasteiger charge is -2.04. The number of carbonyl (C=O) groups is 1. The van der Waals surface area contributed by atoms with Gasteiger partial charge >= 0.3 is 0 Å².